The van der Waals surface area contributed by atoms with Gasteiger partial charge in [-0.1, -0.05) is 18.2 Å². The van der Waals surface area contributed by atoms with Crippen molar-refractivity contribution in [2.24, 2.45) is 0 Å². The number of hydrogen-bond donors (Lipinski definition) is 2. The zero-order chi connectivity index (χ0) is 12.8. The number of para-hydroxylation sites is 1. The SMILES string of the molecule is OC(c1ncc[nH]1)c1cccc2c1N1CCCC1C2. The minimum absolute atomic E-state index is 0.621. The Morgan fingerprint density at radius 3 is 3.21 bits per heavy atom. The molecule has 0 bridgehead atoms. The number of nitrogens with zero attached hydrogens (tertiary/aromatic N) is 2. The van der Waals surface area contributed by atoms with Gasteiger partial charge in [0.15, 0.2) is 0 Å². The Morgan fingerprint density at radius 1 is 1.42 bits per heavy atom. The zero-order valence-electron chi connectivity index (χ0n) is 10.7. The lowest BCUT2D eigenvalue weighted by Crippen LogP contribution is -2.25. The second-order valence-electron chi connectivity index (χ2n) is 5.43. The molecule has 2 unspecified atom stereocenters. The van der Waals surface area contributed by atoms with Crippen LogP contribution in [0.1, 0.15) is 35.9 Å². The van der Waals surface area contributed by atoms with Gasteiger partial charge in [0.2, 0.25) is 0 Å². The molecule has 2 aliphatic heterocycles. The minimum Gasteiger partial charge on any atom is -0.380 e. The predicted molar refractivity (Wildman–Crippen MR) is 73.2 cm³/mol. The summed E-state index contributed by atoms with van der Waals surface area (Å²) < 4.78 is 0. The largest absolute Gasteiger partial charge is 0.380 e. The van der Waals surface area contributed by atoms with E-state index >= 15 is 0 Å². The quantitative estimate of drug-likeness (QED) is 0.863. The molecule has 4 nitrogen and oxygen atoms in total. The molecule has 1 saturated heterocycles. The van der Waals surface area contributed by atoms with Gasteiger partial charge >= 0.3 is 0 Å². The smallest absolute Gasteiger partial charge is 0.139 e. The third kappa shape index (κ3) is 1.60. The highest BCUT2D eigenvalue weighted by atomic mass is 16.3. The number of H-pyrrole nitrogens is 1. The number of nitrogens with one attached hydrogen (secondary N) is 1. The van der Waals surface area contributed by atoms with Crippen LogP contribution < -0.4 is 4.90 Å². The Morgan fingerprint density at radius 2 is 2.37 bits per heavy atom. The number of aliphatic hydroxyl groups excluding tert-OH is 1. The van der Waals surface area contributed by atoms with Gasteiger partial charge in [-0.25, -0.2) is 4.98 Å². The van der Waals surface area contributed by atoms with Crippen LogP contribution in [0.2, 0.25) is 0 Å². The Labute approximate surface area is 112 Å². The standard InChI is InChI=1S/C15H17N3O/c19-14(15-16-6-7-17-15)12-5-1-3-10-9-11-4-2-8-18(11)13(10)12/h1,3,5-7,11,14,19H,2,4,8-9H2,(H,16,17). The van der Waals surface area contributed by atoms with Crippen molar-refractivity contribution in [3.63, 3.8) is 0 Å². The molecule has 0 saturated carbocycles. The van der Waals surface area contributed by atoms with Crippen LogP contribution in [0.15, 0.2) is 30.6 Å². The van der Waals surface area contributed by atoms with Crippen LogP contribution in [0.5, 0.6) is 0 Å². The molecule has 2 atom stereocenters. The molecule has 0 radical (unpaired) electrons. The van der Waals surface area contributed by atoms with Crippen LogP contribution in [0.25, 0.3) is 0 Å². The lowest BCUT2D eigenvalue weighted by atomic mass is 10.0. The second kappa shape index (κ2) is 4.10. The molecule has 0 amide bonds. The molecule has 1 fully saturated rings. The van der Waals surface area contributed by atoms with Gasteiger partial charge < -0.3 is 15.0 Å². The number of imidazole rings is 1. The number of anilines is 1. The molecule has 2 aliphatic rings. The predicted octanol–water partition coefficient (Wildman–Crippen LogP) is 2.02. The van der Waals surface area contributed by atoms with Crippen molar-refractivity contribution in [2.45, 2.75) is 31.4 Å². The van der Waals surface area contributed by atoms with Crippen molar-refractivity contribution >= 4 is 5.69 Å². The highest BCUT2D eigenvalue weighted by Gasteiger charge is 2.35. The van der Waals surface area contributed by atoms with Crippen LogP contribution in [-0.2, 0) is 6.42 Å². The molecular weight excluding hydrogens is 238 g/mol. The van der Waals surface area contributed by atoms with E-state index in [-0.39, 0.29) is 0 Å². The van der Waals surface area contributed by atoms with Gasteiger partial charge in [-0.3, -0.25) is 0 Å². The lowest BCUT2D eigenvalue weighted by molar-refractivity contribution is 0.211. The summed E-state index contributed by atoms with van der Waals surface area (Å²) in [5, 5.41) is 10.5. The van der Waals surface area contributed by atoms with Gasteiger partial charge in [0.25, 0.3) is 0 Å². The molecular formula is C15H17N3O. The Bertz CT molecular complexity index is 593. The molecule has 19 heavy (non-hydrogen) atoms. The van der Waals surface area contributed by atoms with Gasteiger partial charge in [0, 0.05) is 36.2 Å². The van der Waals surface area contributed by atoms with E-state index in [1.54, 1.807) is 12.4 Å². The second-order valence-corrected chi connectivity index (χ2v) is 5.43. The van der Waals surface area contributed by atoms with Crippen LogP contribution >= 0.6 is 0 Å². The first-order chi connectivity index (χ1) is 9.34. The topological polar surface area (TPSA) is 52.2 Å². The molecule has 0 aliphatic carbocycles. The fourth-order valence-electron chi connectivity index (χ4n) is 3.52. The maximum absolute atomic E-state index is 10.5. The van der Waals surface area contributed by atoms with Crippen molar-refractivity contribution < 1.29 is 5.11 Å². The summed E-state index contributed by atoms with van der Waals surface area (Å²) in [5.41, 5.74) is 3.60. The van der Waals surface area contributed by atoms with Crippen LogP contribution in [0.4, 0.5) is 5.69 Å². The van der Waals surface area contributed by atoms with Crippen molar-refractivity contribution in [1.82, 2.24) is 9.97 Å². The highest BCUT2D eigenvalue weighted by molar-refractivity contribution is 5.66. The third-order valence-electron chi connectivity index (χ3n) is 4.34. The summed E-state index contributed by atoms with van der Waals surface area (Å²) in [7, 11) is 0. The van der Waals surface area contributed by atoms with Gasteiger partial charge in [0.05, 0.1) is 0 Å². The van der Waals surface area contributed by atoms with Crippen molar-refractivity contribution in [2.75, 3.05) is 11.4 Å². The summed E-state index contributed by atoms with van der Waals surface area (Å²) in [6.45, 7) is 1.11. The number of aromatic amines is 1. The van der Waals surface area contributed by atoms with E-state index in [1.165, 1.54) is 24.1 Å². The molecule has 4 rings (SSSR count). The highest BCUT2D eigenvalue weighted by Crippen LogP contribution is 2.42. The monoisotopic (exact) mass is 255 g/mol. The molecule has 2 aromatic rings. The number of rotatable bonds is 2. The number of aromatic nitrogens is 2. The van der Waals surface area contributed by atoms with E-state index < -0.39 is 6.10 Å². The van der Waals surface area contributed by atoms with E-state index in [0.29, 0.717) is 11.9 Å². The zero-order valence-corrected chi connectivity index (χ0v) is 10.7. The van der Waals surface area contributed by atoms with E-state index in [9.17, 15) is 5.11 Å². The fraction of sp³-hybridized carbons (Fsp3) is 0.400. The van der Waals surface area contributed by atoms with Gasteiger partial charge in [-0.2, -0.15) is 0 Å². The molecule has 1 aromatic carbocycles. The van der Waals surface area contributed by atoms with Crippen molar-refractivity contribution in [3.8, 4) is 0 Å². The molecule has 0 spiro atoms. The number of aliphatic hydroxyl groups is 1. The Hall–Kier alpha value is -1.81. The number of benzene rings is 1. The first-order valence-corrected chi connectivity index (χ1v) is 6.90. The van der Waals surface area contributed by atoms with Crippen LogP contribution in [-0.4, -0.2) is 27.7 Å². The van der Waals surface area contributed by atoms with Crippen LogP contribution in [0.3, 0.4) is 0 Å². The molecule has 2 N–H and O–H groups in total. The normalized spacial score (nSPS) is 22.4. The van der Waals surface area contributed by atoms with E-state index in [0.717, 1.165) is 18.5 Å². The first kappa shape index (κ1) is 11.1. The summed E-state index contributed by atoms with van der Waals surface area (Å²) in [4.78, 5) is 9.66. The number of fused-ring (bicyclic) bond motifs is 3. The summed E-state index contributed by atoms with van der Waals surface area (Å²) in [5.74, 6) is 0.621. The van der Waals surface area contributed by atoms with Gasteiger partial charge in [-0.15, -0.1) is 0 Å². The molecule has 3 heterocycles. The number of hydrogen-bond acceptors (Lipinski definition) is 3. The Balaban J connectivity index is 1.80. The molecule has 98 valence electrons. The fourth-order valence-corrected chi connectivity index (χ4v) is 3.52. The maximum atomic E-state index is 10.5. The Kier molecular flexibility index (Phi) is 2.38. The molecule has 1 aromatic heterocycles. The van der Waals surface area contributed by atoms with Crippen molar-refractivity contribution in [1.29, 1.82) is 0 Å². The van der Waals surface area contributed by atoms with Crippen molar-refractivity contribution in [3.05, 3.63) is 47.5 Å². The summed E-state index contributed by atoms with van der Waals surface area (Å²) >= 11 is 0. The average Bonchev–Trinajstić information content (AvgIpc) is 3.13. The minimum atomic E-state index is -0.663. The lowest BCUT2D eigenvalue weighted by Gasteiger charge is -2.23. The molecule has 4 heteroatoms. The van der Waals surface area contributed by atoms with E-state index in [1.807, 2.05) is 12.1 Å². The maximum Gasteiger partial charge on any atom is 0.139 e. The van der Waals surface area contributed by atoms with Crippen LogP contribution in [0, 0.1) is 0 Å². The van der Waals surface area contributed by atoms with E-state index in [2.05, 4.69) is 20.9 Å². The summed E-state index contributed by atoms with van der Waals surface area (Å²) in [6, 6.07) is 6.89. The summed E-state index contributed by atoms with van der Waals surface area (Å²) in [6.07, 6.45) is 6.42. The first-order valence-electron chi connectivity index (χ1n) is 6.90. The van der Waals surface area contributed by atoms with E-state index in [4.69, 9.17) is 0 Å². The third-order valence-corrected chi connectivity index (χ3v) is 4.34. The van der Waals surface area contributed by atoms with Gasteiger partial charge in [0.1, 0.15) is 11.9 Å². The average molecular weight is 255 g/mol. The van der Waals surface area contributed by atoms with Gasteiger partial charge in [-0.05, 0) is 24.8 Å².